The van der Waals surface area contributed by atoms with Crippen LogP contribution in [0.4, 0.5) is 0 Å². The van der Waals surface area contributed by atoms with Crippen molar-refractivity contribution in [2.75, 3.05) is 26.2 Å². The number of carbonyl (C=O) groups is 1. The Hall–Kier alpha value is -2.21. The second-order valence-corrected chi connectivity index (χ2v) is 9.46. The van der Waals surface area contributed by atoms with Crippen LogP contribution in [0, 0.1) is 0 Å². The van der Waals surface area contributed by atoms with E-state index >= 15 is 0 Å². The van der Waals surface area contributed by atoms with Crippen molar-refractivity contribution >= 4 is 5.91 Å². The molecule has 5 heteroatoms. The average Bonchev–Trinajstić information content (AvgIpc) is 3.47. The van der Waals surface area contributed by atoms with E-state index in [2.05, 4.69) is 45.9 Å². The largest absolute Gasteiger partial charge is 0.373 e. The molecule has 1 saturated carbocycles. The average molecular weight is 420 g/mol. The summed E-state index contributed by atoms with van der Waals surface area (Å²) in [5.74, 6) is 0.765. The molecule has 3 aliphatic rings. The molecule has 3 fully saturated rings. The monoisotopic (exact) mass is 419 g/mol. The molecule has 2 N–H and O–H groups in total. The zero-order chi connectivity index (χ0) is 21.1. The van der Waals surface area contributed by atoms with Crippen LogP contribution in [-0.4, -0.2) is 54.7 Å². The van der Waals surface area contributed by atoms with Crippen molar-refractivity contribution < 1.29 is 9.53 Å². The molecule has 5 nitrogen and oxygen atoms in total. The maximum absolute atomic E-state index is 12.3. The molecule has 31 heavy (non-hydrogen) atoms. The zero-order valence-corrected chi connectivity index (χ0v) is 18.1. The Balaban J connectivity index is 1.03. The summed E-state index contributed by atoms with van der Waals surface area (Å²) in [7, 11) is 0. The molecule has 2 saturated heterocycles. The number of hydrogen-bond acceptors (Lipinski definition) is 4. The number of nitrogens with zero attached hydrogens (tertiary/aromatic N) is 1. The van der Waals surface area contributed by atoms with Crippen LogP contribution in [0.3, 0.4) is 0 Å². The van der Waals surface area contributed by atoms with Gasteiger partial charge in [0, 0.05) is 37.6 Å². The lowest BCUT2D eigenvalue weighted by atomic mass is 9.87. The first-order valence-corrected chi connectivity index (χ1v) is 11.7. The predicted octanol–water partition coefficient (Wildman–Crippen LogP) is 3.07. The first-order chi connectivity index (χ1) is 15.2. The molecule has 164 valence electrons. The van der Waals surface area contributed by atoms with Gasteiger partial charge in [0.25, 0.3) is 0 Å². The first-order valence-electron chi connectivity index (χ1n) is 11.7. The zero-order valence-electron chi connectivity index (χ0n) is 18.1. The van der Waals surface area contributed by atoms with Gasteiger partial charge in [-0.25, -0.2) is 0 Å². The predicted molar refractivity (Wildman–Crippen MR) is 122 cm³/mol. The third-order valence-electron chi connectivity index (χ3n) is 7.14. The fourth-order valence-corrected chi connectivity index (χ4v) is 5.22. The number of rotatable bonds is 7. The van der Waals surface area contributed by atoms with Crippen molar-refractivity contribution in [1.29, 1.82) is 0 Å². The molecular formula is C26H33N3O2. The second kappa shape index (κ2) is 9.11. The fraction of sp³-hybridized carbons (Fsp3) is 0.500. The van der Waals surface area contributed by atoms with E-state index in [1.165, 1.54) is 12.0 Å². The van der Waals surface area contributed by atoms with Gasteiger partial charge in [0.05, 0.1) is 18.8 Å². The van der Waals surface area contributed by atoms with E-state index in [1.54, 1.807) is 0 Å². The molecule has 1 aliphatic carbocycles. The van der Waals surface area contributed by atoms with E-state index in [0.29, 0.717) is 31.1 Å². The number of likely N-dealkylation sites (tertiary alicyclic amines) is 1. The molecule has 1 spiro atoms. The van der Waals surface area contributed by atoms with Gasteiger partial charge in [-0.1, -0.05) is 60.7 Å². The highest BCUT2D eigenvalue weighted by Crippen LogP contribution is 2.43. The van der Waals surface area contributed by atoms with Gasteiger partial charge in [-0.05, 0) is 36.8 Å². The minimum absolute atomic E-state index is 0.00577. The summed E-state index contributed by atoms with van der Waals surface area (Å²) in [5, 5.41) is 6.88. The van der Waals surface area contributed by atoms with Crippen LogP contribution in [0.15, 0.2) is 60.7 Å². The number of hydrogen-bond donors (Lipinski definition) is 2. The number of benzene rings is 2. The minimum atomic E-state index is 0.00577. The number of carbonyl (C=O) groups excluding carboxylic acids is 1. The molecule has 5 rings (SSSR count). The van der Waals surface area contributed by atoms with Gasteiger partial charge in [-0.15, -0.1) is 0 Å². The van der Waals surface area contributed by atoms with E-state index in [1.807, 2.05) is 30.3 Å². The fourth-order valence-electron chi connectivity index (χ4n) is 5.22. The standard InChI is InChI=1S/C26H33N3O2/c30-25(27-17-20-7-3-1-4-8-20)18-29-13-11-26(12-14-29)16-22(19-31-26)28-24-15-23(24)21-9-5-2-6-10-21/h1-10,22-24,28H,11-19H2,(H,27,30). The Morgan fingerprint density at radius 2 is 1.74 bits per heavy atom. The molecule has 2 aromatic carbocycles. The van der Waals surface area contributed by atoms with Gasteiger partial charge in [0.1, 0.15) is 0 Å². The van der Waals surface area contributed by atoms with Crippen LogP contribution in [0.1, 0.15) is 42.7 Å². The van der Waals surface area contributed by atoms with Gasteiger partial charge in [0.2, 0.25) is 5.91 Å². The van der Waals surface area contributed by atoms with Gasteiger partial charge in [-0.3, -0.25) is 9.69 Å². The number of nitrogens with one attached hydrogen (secondary N) is 2. The van der Waals surface area contributed by atoms with Crippen LogP contribution in [0.2, 0.25) is 0 Å². The molecule has 2 aromatic rings. The Bertz CT molecular complexity index is 865. The van der Waals surface area contributed by atoms with E-state index < -0.39 is 0 Å². The van der Waals surface area contributed by atoms with Crippen LogP contribution in [0.5, 0.6) is 0 Å². The maximum atomic E-state index is 12.3. The molecule has 0 aromatic heterocycles. The van der Waals surface area contributed by atoms with Crippen LogP contribution in [-0.2, 0) is 16.1 Å². The molecule has 2 heterocycles. The Morgan fingerprint density at radius 3 is 2.48 bits per heavy atom. The Morgan fingerprint density at radius 1 is 1.03 bits per heavy atom. The number of piperidine rings is 1. The van der Waals surface area contributed by atoms with Gasteiger partial charge < -0.3 is 15.4 Å². The SMILES string of the molecule is O=C(CN1CCC2(CC1)CC(NC1CC1c1ccccc1)CO2)NCc1ccccc1. The Labute approximate surface area is 185 Å². The van der Waals surface area contributed by atoms with Crippen molar-refractivity contribution in [1.82, 2.24) is 15.5 Å². The highest BCUT2D eigenvalue weighted by Gasteiger charge is 2.46. The van der Waals surface area contributed by atoms with Crippen molar-refractivity contribution in [2.24, 2.45) is 0 Å². The lowest BCUT2D eigenvalue weighted by Gasteiger charge is -2.38. The molecule has 3 unspecified atom stereocenters. The molecule has 1 amide bonds. The maximum Gasteiger partial charge on any atom is 0.234 e. The quantitative estimate of drug-likeness (QED) is 0.724. The molecule has 0 bridgehead atoms. The molecular weight excluding hydrogens is 386 g/mol. The lowest BCUT2D eigenvalue weighted by molar-refractivity contribution is -0.123. The van der Waals surface area contributed by atoms with Crippen LogP contribution in [0.25, 0.3) is 0 Å². The lowest BCUT2D eigenvalue weighted by Crippen LogP contribution is -2.47. The van der Waals surface area contributed by atoms with Gasteiger partial charge >= 0.3 is 0 Å². The smallest absolute Gasteiger partial charge is 0.234 e. The minimum Gasteiger partial charge on any atom is -0.373 e. The first kappa shape index (κ1) is 20.7. The highest BCUT2D eigenvalue weighted by atomic mass is 16.5. The summed E-state index contributed by atoms with van der Waals surface area (Å²) in [6.07, 6.45) is 4.37. The summed E-state index contributed by atoms with van der Waals surface area (Å²) in [4.78, 5) is 14.6. The molecule has 3 atom stereocenters. The summed E-state index contributed by atoms with van der Waals surface area (Å²) in [6.45, 7) is 3.75. The van der Waals surface area contributed by atoms with E-state index in [9.17, 15) is 4.79 Å². The second-order valence-electron chi connectivity index (χ2n) is 9.46. The summed E-state index contributed by atoms with van der Waals surface area (Å²) in [6, 6.07) is 22.0. The topological polar surface area (TPSA) is 53.6 Å². The highest BCUT2D eigenvalue weighted by molar-refractivity contribution is 5.78. The number of ether oxygens (including phenoxy) is 1. The summed E-state index contributed by atoms with van der Waals surface area (Å²) >= 11 is 0. The normalized spacial score (nSPS) is 27.3. The van der Waals surface area contributed by atoms with Crippen molar-refractivity contribution in [3.63, 3.8) is 0 Å². The van der Waals surface area contributed by atoms with Gasteiger partial charge in [-0.2, -0.15) is 0 Å². The summed E-state index contributed by atoms with van der Waals surface area (Å²) < 4.78 is 6.33. The van der Waals surface area contributed by atoms with Gasteiger partial charge in [0.15, 0.2) is 0 Å². The Kier molecular flexibility index (Phi) is 6.08. The van der Waals surface area contributed by atoms with Crippen LogP contribution < -0.4 is 10.6 Å². The van der Waals surface area contributed by atoms with Crippen LogP contribution >= 0.6 is 0 Å². The van der Waals surface area contributed by atoms with E-state index in [-0.39, 0.29) is 11.5 Å². The third-order valence-corrected chi connectivity index (χ3v) is 7.14. The third kappa shape index (κ3) is 5.17. The van der Waals surface area contributed by atoms with Crippen molar-refractivity contribution in [3.8, 4) is 0 Å². The van der Waals surface area contributed by atoms with Crippen molar-refractivity contribution in [3.05, 3.63) is 71.8 Å². The van der Waals surface area contributed by atoms with Crippen molar-refractivity contribution in [2.45, 2.75) is 55.8 Å². The van der Waals surface area contributed by atoms with E-state index in [4.69, 9.17) is 4.74 Å². The number of amides is 1. The molecule has 0 radical (unpaired) electrons. The molecule has 2 aliphatic heterocycles. The van der Waals surface area contributed by atoms with E-state index in [0.717, 1.165) is 44.5 Å². The summed E-state index contributed by atoms with van der Waals surface area (Å²) in [5.41, 5.74) is 2.59.